The lowest BCUT2D eigenvalue weighted by Gasteiger charge is -2.27. The summed E-state index contributed by atoms with van der Waals surface area (Å²) in [6, 6.07) is 30.9. The lowest BCUT2D eigenvalue weighted by Crippen LogP contribution is -2.36. The van der Waals surface area contributed by atoms with Crippen molar-refractivity contribution in [1.29, 1.82) is 0 Å². The van der Waals surface area contributed by atoms with Crippen LogP contribution >= 0.6 is 0 Å². The molecule has 0 saturated carbocycles. The minimum Gasteiger partial charge on any atom is -0.481 e. The van der Waals surface area contributed by atoms with Gasteiger partial charge in [0.15, 0.2) is 0 Å². The number of carboxylic acids is 1. The number of nitrogens with one attached hydrogen (secondary N) is 2. The van der Waals surface area contributed by atoms with Crippen molar-refractivity contribution in [3.05, 3.63) is 131 Å². The number of aliphatic carboxylic acids is 1. The van der Waals surface area contributed by atoms with E-state index in [9.17, 15) is 24.3 Å². The van der Waals surface area contributed by atoms with Gasteiger partial charge in [0.05, 0.1) is 36.7 Å². The fraction of sp³-hybridized carbons (Fsp3) is 0.263. The van der Waals surface area contributed by atoms with E-state index in [4.69, 9.17) is 0 Å². The predicted molar refractivity (Wildman–Crippen MR) is 182 cm³/mol. The first-order valence-corrected chi connectivity index (χ1v) is 15.9. The zero-order chi connectivity index (χ0) is 33.2. The minimum atomic E-state index is -1.03. The summed E-state index contributed by atoms with van der Waals surface area (Å²) in [5.74, 6) is -1.63. The number of nitrogens with zero attached hydrogens (tertiary/aromatic N) is 2. The summed E-state index contributed by atoms with van der Waals surface area (Å²) in [5, 5.41) is 15.5. The molecule has 0 spiro atoms. The molecule has 1 saturated heterocycles. The Bertz CT molecular complexity index is 1690. The van der Waals surface area contributed by atoms with Crippen LogP contribution in [0.1, 0.15) is 51.5 Å². The van der Waals surface area contributed by atoms with Gasteiger partial charge in [0.25, 0.3) is 5.91 Å². The number of hydrogen-bond acceptors (Lipinski definition) is 5. The molecule has 0 aromatic heterocycles. The maximum Gasteiger partial charge on any atom is 0.305 e. The lowest BCUT2D eigenvalue weighted by atomic mass is 10.0. The van der Waals surface area contributed by atoms with Crippen molar-refractivity contribution in [3.8, 4) is 0 Å². The van der Waals surface area contributed by atoms with Gasteiger partial charge in [-0.05, 0) is 48.2 Å². The molecule has 1 heterocycles. The van der Waals surface area contributed by atoms with Crippen molar-refractivity contribution < 1.29 is 24.3 Å². The molecule has 242 valence electrons. The van der Waals surface area contributed by atoms with E-state index in [1.165, 1.54) is 0 Å². The van der Waals surface area contributed by atoms with Gasteiger partial charge >= 0.3 is 5.97 Å². The third kappa shape index (κ3) is 9.29. The molecule has 4 aromatic rings. The zero-order valence-corrected chi connectivity index (χ0v) is 26.5. The standard InChI is InChI=1S/C38H40N4O5/c1-27-13-15-30(16-14-27)32(26-37(45)46)40-38(47)31-17-18-34(33(25-31)39-35(43)23-28-9-4-2-5-10-28)41-19-8-20-42(22-21-41)36(44)24-29-11-6-3-7-12-29/h2-7,9-18,25,32H,8,19-24,26H2,1H3,(H,39,43)(H,40,47)(H,45,46). The normalized spacial score (nSPS) is 13.7. The van der Waals surface area contributed by atoms with Crippen LogP contribution in [0.2, 0.25) is 0 Å². The minimum absolute atomic E-state index is 0.0750. The lowest BCUT2D eigenvalue weighted by molar-refractivity contribution is -0.137. The molecule has 1 aliphatic heterocycles. The predicted octanol–water partition coefficient (Wildman–Crippen LogP) is 5.40. The van der Waals surface area contributed by atoms with Crippen molar-refractivity contribution in [2.24, 2.45) is 0 Å². The fourth-order valence-electron chi connectivity index (χ4n) is 5.79. The molecule has 3 N–H and O–H groups in total. The van der Waals surface area contributed by atoms with Crippen molar-refractivity contribution in [2.75, 3.05) is 36.4 Å². The maximum atomic E-state index is 13.5. The van der Waals surface area contributed by atoms with Gasteiger partial charge in [-0.1, -0.05) is 90.5 Å². The second kappa shape index (κ2) is 15.7. The number of aryl methyl sites for hydroxylation is 1. The first-order chi connectivity index (χ1) is 22.7. The molecule has 4 aromatic carbocycles. The van der Waals surface area contributed by atoms with Gasteiger partial charge in [-0.2, -0.15) is 0 Å². The summed E-state index contributed by atoms with van der Waals surface area (Å²) in [6.45, 7) is 4.31. The third-order valence-corrected chi connectivity index (χ3v) is 8.29. The van der Waals surface area contributed by atoms with E-state index in [2.05, 4.69) is 15.5 Å². The number of carbonyl (C=O) groups is 4. The van der Waals surface area contributed by atoms with E-state index < -0.39 is 17.9 Å². The molecular weight excluding hydrogens is 592 g/mol. The van der Waals surface area contributed by atoms with Gasteiger partial charge in [0.1, 0.15) is 0 Å². The van der Waals surface area contributed by atoms with E-state index in [1.807, 2.05) is 103 Å². The molecule has 9 nitrogen and oxygen atoms in total. The number of carboxylic acid groups (broad SMARTS) is 1. The summed E-state index contributed by atoms with van der Waals surface area (Å²) >= 11 is 0. The van der Waals surface area contributed by atoms with Crippen LogP contribution in [0.5, 0.6) is 0 Å². The third-order valence-electron chi connectivity index (χ3n) is 8.29. The molecule has 1 unspecified atom stereocenters. The quantitative estimate of drug-likeness (QED) is 0.204. The molecule has 0 bridgehead atoms. The average molecular weight is 633 g/mol. The van der Waals surface area contributed by atoms with Crippen molar-refractivity contribution >= 4 is 35.1 Å². The summed E-state index contributed by atoms with van der Waals surface area (Å²) in [5.41, 5.74) is 5.07. The smallest absolute Gasteiger partial charge is 0.305 e. The van der Waals surface area contributed by atoms with Gasteiger partial charge in [-0.25, -0.2) is 0 Å². The summed E-state index contributed by atoms with van der Waals surface area (Å²) in [4.78, 5) is 55.6. The number of rotatable bonds is 11. The van der Waals surface area contributed by atoms with Crippen LogP contribution in [0.15, 0.2) is 103 Å². The SMILES string of the molecule is Cc1ccc(C(CC(=O)O)NC(=O)c2ccc(N3CCCN(C(=O)Cc4ccccc4)CC3)c(NC(=O)Cc3ccccc3)c2)cc1. The molecule has 0 aliphatic carbocycles. The van der Waals surface area contributed by atoms with E-state index >= 15 is 0 Å². The van der Waals surface area contributed by atoms with Crippen LogP contribution in [-0.2, 0) is 27.2 Å². The molecular formula is C38H40N4O5. The van der Waals surface area contributed by atoms with Crippen LogP contribution < -0.4 is 15.5 Å². The van der Waals surface area contributed by atoms with E-state index in [1.54, 1.807) is 12.1 Å². The molecule has 1 aliphatic rings. The van der Waals surface area contributed by atoms with Crippen molar-refractivity contribution in [1.82, 2.24) is 10.2 Å². The van der Waals surface area contributed by atoms with Crippen LogP contribution in [0.4, 0.5) is 11.4 Å². The van der Waals surface area contributed by atoms with Crippen LogP contribution in [-0.4, -0.2) is 59.9 Å². The molecule has 47 heavy (non-hydrogen) atoms. The largest absolute Gasteiger partial charge is 0.481 e. The Hall–Kier alpha value is -5.44. The number of amides is 3. The van der Waals surface area contributed by atoms with Gasteiger partial charge in [-0.15, -0.1) is 0 Å². The van der Waals surface area contributed by atoms with Crippen molar-refractivity contribution in [3.63, 3.8) is 0 Å². The second-order valence-corrected chi connectivity index (χ2v) is 11.9. The molecule has 3 amide bonds. The topological polar surface area (TPSA) is 119 Å². The van der Waals surface area contributed by atoms with E-state index in [0.717, 1.165) is 28.8 Å². The highest BCUT2D eigenvalue weighted by Crippen LogP contribution is 2.30. The Morgan fingerprint density at radius 2 is 1.43 bits per heavy atom. The number of carbonyl (C=O) groups excluding carboxylic acids is 3. The Balaban J connectivity index is 1.36. The van der Waals surface area contributed by atoms with Gasteiger partial charge in [0.2, 0.25) is 11.8 Å². The first-order valence-electron chi connectivity index (χ1n) is 15.9. The number of anilines is 2. The highest BCUT2D eigenvalue weighted by molar-refractivity contribution is 6.00. The first kappa shape index (κ1) is 32.9. The fourth-order valence-corrected chi connectivity index (χ4v) is 5.79. The number of hydrogen-bond donors (Lipinski definition) is 3. The molecule has 9 heteroatoms. The Labute approximate surface area is 275 Å². The molecule has 1 atom stereocenters. The molecule has 5 rings (SSSR count). The zero-order valence-electron chi connectivity index (χ0n) is 26.5. The van der Waals surface area contributed by atoms with E-state index in [-0.39, 0.29) is 24.7 Å². The summed E-state index contributed by atoms with van der Waals surface area (Å²) < 4.78 is 0. The second-order valence-electron chi connectivity index (χ2n) is 11.9. The maximum absolute atomic E-state index is 13.5. The molecule has 1 fully saturated rings. The summed E-state index contributed by atoms with van der Waals surface area (Å²) in [7, 11) is 0. The van der Waals surface area contributed by atoms with Crippen LogP contribution in [0.3, 0.4) is 0 Å². The average Bonchev–Trinajstić information content (AvgIpc) is 3.32. The monoisotopic (exact) mass is 632 g/mol. The molecule has 0 radical (unpaired) electrons. The van der Waals surface area contributed by atoms with Gasteiger partial charge in [-0.3, -0.25) is 19.2 Å². The van der Waals surface area contributed by atoms with E-state index in [0.29, 0.717) is 49.4 Å². The number of benzene rings is 4. The Morgan fingerprint density at radius 1 is 0.766 bits per heavy atom. The Kier molecular flexibility index (Phi) is 11.0. The highest BCUT2D eigenvalue weighted by atomic mass is 16.4. The highest BCUT2D eigenvalue weighted by Gasteiger charge is 2.24. The Morgan fingerprint density at radius 3 is 2.09 bits per heavy atom. The van der Waals surface area contributed by atoms with Crippen LogP contribution in [0.25, 0.3) is 0 Å². The summed E-state index contributed by atoms with van der Waals surface area (Å²) in [6.07, 6.45) is 0.970. The van der Waals surface area contributed by atoms with Gasteiger partial charge < -0.3 is 25.5 Å². The van der Waals surface area contributed by atoms with Crippen molar-refractivity contribution in [2.45, 2.75) is 38.6 Å². The van der Waals surface area contributed by atoms with Gasteiger partial charge in [0, 0.05) is 31.7 Å². The van der Waals surface area contributed by atoms with Crippen LogP contribution in [0, 0.1) is 6.92 Å².